The topological polar surface area (TPSA) is 51.4 Å². The molecule has 5 nitrogen and oxygen atoms in total. The summed E-state index contributed by atoms with van der Waals surface area (Å²) in [6, 6.07) is 8.69. The lowest BCUT2D eigenvalue weighted by Crippen LogP contribution is -2.23. The van der Waals surface area contributed by atoms with E-state index in [4.69, 9.17) is 9.15 Å². The standard InChI is InChI=1S/C16H21N3O2/c1-11-7-15(13-5-4-6-14(8-13)20-3)19(9-11)10-16-18-17-12(2)21-16/h4-6,8,11,15H,7,9-10H2,1-3H3/t11-,15-/m1/s1. The van der Waals surface area contributed by atoms with Gasteiger partial charge in [0, 0.05) is 19.5 Å². The molecule has 0 N–H and O–H groups in total. The van der Waals surface area contributed by atoms with Crippen LogP contribution in [0.5, 0.6) is 5.75 Å². The molecule has 1 aliphatic rings. The van der Waals surface area contributed by atoms with Crippen molar-refractivity contribution >= 4 is 0 Å². The fourth-order valence-corrected chi connectivity index (χ4v) is 3.08. The Balaban J connectivity index is 1.81. The predicted molar refractivity (Wildman–Crippen MR) is 79.0 cm³/mol. The highest BCUT2D eigenvalue weighted by molar-refractivity contribution is 5.31. The molecule has 1 saturated heterocycles. The third kappa shape index (κ3) is 3.08. The predicted octanol–water partition coefficient (Wildman–Crippen LogP) is 2.97. The summed E-state index contributed by atoms with van der Waals surface area (Å²) in [5.74, 6) is 2.87. The summed E-state index contributed by atoms with van der Waals surface area (Å²) in [6.07, 6.45) is 1.14. The molecule has 21 heavy (non-hydrogen) atoms. The van der Waals surface area contributed by atoms with Gasteiger partial charge >= 0.3 is 0 Å². The number of likely N-dealkylation sites (tertiary alicyclic amines) is 1. The monoisotopic (exact) mass is 287 g/mol. The second-order valence-electron chi connectivity index (χ2n) is 5.78. The number of benzene rings is 1. The van der Waals surface area contributed by atoms with Crippen molar-refractivity contribution in [1.29, 1.82) is 0 Å². The first-order valence-electron chi connectivity index (χ1n) is 7.32. The van der Waals surface area contributed by atoms with Crippen molar-refractivity contribution in [2.75, 3.05) is 13.7 Å². The molecule has 2 heterocycles. The smallest absolute Gasteiger partial charge is 0.230 e. The lowest BCUT2D eigenvalue weighted by atomic mass is 10.0. The van der Waals surface area contributed by atoms with E-state index >= 15 is 0 Å². The number of aromatic nitrogens is 2. The second kappa shape index (κ2) is 5.85. The highest BCUT2D eigenvalue weighted by atomic mass is 16.5. The van der Waals surface area contributed by atoms with Gasteiger partial charge in [0.25, 0.3) is 0 Å². The van der Waals surface area contributed by atoms with Crippen LogP contribution in [0.4, 0.5) is 0 Å². The van der Waals surface area contributed by atoms with Crippen LogP contribution < -0.4 is 4.74 Å². The van der Waals surface area contributed by atoms with E-state index < -0.39 is 0 Å². The molecule has 112 valence electrons. The van der Waals surface area contributed by atoms with Crippen LogP contribution in [0.15, 0.2) is 28.7 Å². The molecule has 2 aromatic rings. The number of methoxy groups -OCH3 is 1. The molecule has 0 unspecified atom stereocenters. The number of hydrogen-bond acceptors (Lipinski definition) is 5. The highest BCUT2D eigenvalue weighted by Gasteiger charge is 2.31. The molecule has 1 aliphatic heterocycles. The van der Waals surface area contributed by atoms with E-state index in [0.29, 0.717) is 30.3 Å². The average molecular weight is 287 g/mol. The zero-order chi connectivity index (χ0) is 14.8. The van der Waals surface area contributed by atoms with E-state index in [2.05, 4.69) is 34.2 Å². The lowest BCUT2D eigenvalue weighted by Gasteiger charge is -2.23. The summed E-state index contributed by atoms with van der Waals surface area (Å²) >= 11 is 0. The number of nitrogens with zero attached hydrogens (tertiary/aromatic N) is 3. The fraction of sp³-hybridized carbons (Fsp3) is 0.500. The van der Waals surface area contributed by atoms with Gasteiger partial charge in [-0.3, -0.25) is 4.90 Å². The van der Waals surface area contributed by atoms with E-state index in [-0.39, 0.29) is 0 Å². The third-order valence-electron chi connectivity index (χ3n) is 4.00. The average Bonchev–Trinajstić information content (AvgIpc) is 3.05. The summed E-state index contributed by atoms with van der Waals surface area (Å²) in [5, 5.41) is 8.02. The Hall–Kier alpha value is -1.88. The van der Waals surface area contributed by atoms with Gasteiger partial charge in [-0.15, -0.1) is 10.2 Å². The summed E-state index contributed by atoms with van der Waals surface area (Å²) < 4.78 is 10.9. The van der Waals surface area contributed by atoms with Gasteiger partial charge in [0.2, 0.25) is 11.8 Å². The van der Waals surface area contributed by atoms with Crippen LogP contribution in [0.3, 0.4) is 0 Å². The Labute approximate surface area is 124 Å². The van der Waals surface area contributed by atoms with E-state index in [0.717, 1.165) is 18.7 Å². The van der Waals surface area contributed by atoms with Crippen molar-refractivity contribution in [2.45, 2.75) is 32.9 Å². The molecule has 1 fully saturated rings. The maximum absolute atomic E-state index is 5.52. The van der Waals surface area contributed by atoms with E-state index in [9.17, 15) is 0 Å². The summed E-state index contributed by atoms with van der Waals surface area (Å²) in [7, 11) is 1.70. The van der Waals surface area contributed by atoms with Crippen molar-refractivity contribution in [3.05, 3.63) is 41.6 Å². The Morgan fingerprint density at radius 1 is 1.38 bits per heavy atom. The maximum Gasteiger partial charge on any atom is 0.230 e. The normalized spacial score (nSPS) is 22.6. The quantitative estimate of drug-likeness (QED) is 0.865. The van der Waals surface area contributed by atoms with Crippen LogP contribution >= 0.6 is 0 Å². The molecular formula is C16H21N3O2. The van der Waals surface area contributed by atoms with Gasteiger partial charge in [-0.05, 0) is 30.0 Å². The van der Waals surface area contributed by atoms with Gasteiger partial charge in [0.1, 0.15) is 5.75 Å². The van der Waals surface area contributed by atoms with Crippen molar-refractivity contribution in [3.63, 3.8) is 0 Å². The van der Waals surface area contributed by atoms with Gasteiger partial charge in [0.05, 0.1) is 13.7 Å². The molecule has 5 heteroatoms. The number of aryl methyl sites for hydroxylation is 1. The van der Waals surface area contributed by atoms with Crippen LogP contribution in [0.1, 0.15) is 36.7 Å². The molecule has 1 aromatic heterocycles. The maximum atomic E-state index is 5.52. The molecule has 0 radical (unpaired) electrons. The number of rotatable bonds is 4. The number of ether oxygens (including phenoxy) is 1. The van der Waals surface area contributed by atoms with Crippen molar-refractivity contribution in [2.24, 2.45) is 5.92 Å². The highest BCUT2D eigenvalue weighted by Crippen LogP contribution is 2.37. The largest absolute Gasteiger partial charge is 0.497 e. The molecule has 2 atom stereocenters. The first-order chi connectivity index (χ1) is 10.2. The van der Waals surface area contributed by atoms with Crippen LogP contribution in [0, 0.1) is 12.8 Å². The minimum atomic E-state index is 0.377. The van der Waals surface area contributed by atoms with Crippen LogP contribution in [-0.2, 0) is 6.54 Å². The minimum absolute atomic E-state index is 0.377. The number of hydrogen-bond donors (Lipinski definition) is 0. The van der Waals surface area contributed by atoms with Gasteiger partial charge in [0.15, 0.2) is 0 Å². The summed E-state index contributed by atoms with van der Waals surface area (Å²) in [6.45, 7) is 5.85. The molecule has 0 bridgehead atoms. The molecule has 3 rings (SSSR count). The molecule has 0 amide bonds. The zero-order valence-corrected chi connectivity index (χ0v) is 12.7. The SMILES string of the molecule is COc1cccc([C@H]2C[C@@H](C)CN2Cc2nnc(C)o2)c1. The lowest BCUT2D eigenvalue weighted by molar-refractivity contribution is 0.219. The first kappa shape index (κ1) is 14.1. The van der Waals surface area contributed by atoms with Gasteiger partial charge in [-0.1, -0.05) is 19.1 Å². The Bertz CT molecular complexity index is 611. The Morgan fingerprint density at radius 2 is 2.24 bits per heavy atom. The molecule has 0 saturated carbocycles. The summed E-state index contributed by atoms with van der Waals surface area (Å²) in [4.78, 5) is 2.41. The molecule has 0 aliphatic carbocycles. The van der Waals surface area contributed by atoms with Crippen LogP contribution in [-0.4, -0.2) is 28.8 Å². The Kier molecular flexibility index (Phi) is 3.92. The zero-order valence-electron chi connectivity index (χ0n) is 12.7. The van der Waals surface area contributed by atoms with Crippen LogP contribution in [0.2, 0.25) is 0 Å². The van der Waals surface area contributed by atoms with Crippen LogP contribution in [0.25, 0.3) is 0 Å². The van der Waals surface area contributed by atoms with E-state index in [1.165, 1.54) is 5.56 Å². The van der Waals surface area contributed by atoms with Crippen molar-refractivity contribution in [1.82, 2.24) is 15.1 Å². The molecule has 0 spiro atoms. The van der Waals surface area contributed by atoms with Crippen molar-refractivity contribution < 1.29 is 9.15 Å². The second-order valence-corrected chi connectivity index (χ2v) is 5.78. The van der Waals surface area contributed by atoms with E-state index in [1.54, 1.807) is 7.11 Å². The minimum Gasteiger partial charge on any atom is -0.497 e. The molecular weight excluding hydrogens is 266 g/mol. The molecule has 1 aromatic carbocycles. The summed E-state index contributed by atoms with van der Waals surface area (Å²) in [5.41, 5.74) is 1.29. The first-order valence-corrected chi connectivity index (χ1v) is 7.32. The van der Waals surface area contributed by atoms with Gasteiger partial charge < -0.3 is 9.15 Å². The Morgan fingerprint density at radius 3 is 2.95 bits per heavy atom. The third-order valence-corrected chi connectivity index (χ3v) is 4.00. The van der Waals surface area contributed by atoms with E-state index in [1.807, 2.05) is 19.1 Å². The fourth-order valence-electron chi connectivity index (χ4n) is 3.08. The van der Waals surface area contributed by atoms with Gasteiger partial charge in [-0.2, -0.15) is 0 Å². The van der Waals surface area contributed by atoms with Gasteiger partial charge in [-0.25, -0.2) is 0 Å². The van der Waals surface area contributed by atoms with Crippen molar-refractivity contribution in [3.8, 4) is 5.75 Å².